The number of halogens is 1. The van der Waals surface area contributed by atoms with E-state index in [0.29, 0.717) is 12.5 Å². The van der Waals surface area contributed by atoms with Crippen LogP contribution in [0.5, 0.6) is 0 Å². The van der Waals surface area contributed by atoms with E-state index in [-0.39, 0.29) is 11.3 Å². The first-order valence-corrected chi connectivity index (χ1v) is 7.50. The molecular weight excluding hydrogens is 270 g/mol. The summed E-state index contributed by atoms with van der Waals surface area (Å²) < 4.78 is 0. The maximum absolute atomic E-state index is 11.2. The van der Waals surface area contributed by atoms with Crippen LogP contribution in [0, 0.1) is 0 Å². The number of alkyl halides is 1. The first kappa shape index (κ1) is 13.4. The van der Waals surface area contributed by atoms with E-state index in [0.717, 1.165) is 12.8 Å². The number of amides is 1. The van der Waals surface area contributed by atoms with Crippen molar-refractivity contribution < 1.29 is 4.79 Å². The molecule has 1 amide bonds. The minimum absolute atomic E-state index is 0.0276. The quantitative estimate of drug-likeness (QED) is 0.827. The zero-order valence-corrected chi connectivity index (χ0v) is 12.3. The van der Waals surface area contributed by atoms with Gasteiger partial charge in [0.15, 0.2) is 0 Å². The maximum Gasteiger partial charge on any atom is 0.216 e. The van der Waals surface area contributed by atoms with E-state index in [1.165, 1.54) is 21.9 Å². The highest BCUT2D eigenvalue weighted by Crippen LogP contribution is 2.43. The fourth-order valence-electron chi connectivity index (χ4n) is 3.16. The molecule has 2 aromatic carbocycles. The predicted molar refractivity (Wildman–Crippen MR) is 83.2 cm³/mol. The van der Waals surface area contributed by atoms with Crippen LogP contribution < -0.4 is 5.32 Å². The van der Waals surface area contributed by atoms with Gasteiger partial charge < -0.3 is 5.32 Å². The van der Waals surface area contributed by atoms with Crippen LogP contribution in [0.25, 0.3) is 10.8 Å². The van der Waals surface area contributed by atoms with Crippen molar-refractivity contribution in [3.8, 4) is 0 Å². The van der Waals surface area contributed by atoms with Crippen molar-refractivity contribution in [2.24, 2.45) is 0 Å². The Morgan fingerprint density at radius 3 is 2.85 bits per heavy atom. The summed E-state index contributed by atoms with van der Waals surface area (Å²) in [6.07, 6.45) is 1.99. The molecule has 2 atom stereocenters. The van der Waals surface area contributed by atoms with Gasteiger partial charge >= 0.3 is 0 Å². The van der Waals surface area contributed by atoms with Gasteiger partial charge in [-0.2, -0.15) is 0 Å². The monoisotopic (exact) mass is 287 g/mol. The number of carbonyl (C=O) groups is 1. The van der Waals surface area contributed by atoms with Gasteiger partial charge in [0.2, 0.25) is 5.91 Å². The highest BCUT2D eigenvalue weighted by atomic mass is 35.5. The highest BCUT2D eigenvalue weighted by molar-refractivity contribution is 6.21. The number of nitrogens with one attached hydrogen (secondary N) is 1. The van der Waals surface area contributed by atoms with Crippen molar-refractivity contribution >= 4 is 28.3 Å². The molecule has 0 saturated heterocycles. The van der Waals surface area contributed by atoms with Gasteiger partial charge in [-0.15, -0.1) is 11.6 Å². The first-order valence-electron chi connectivity index (χ1n) is 7.07. The fourth-order valence-corrected chi connectivity index (χ4v) is 3.48. The predicted octanol–water partition coefficient (Wildman–Crippen LogP) is 4.13. The van der Waals surface area contributed by atoms with Crippen LogP contribution >= 0.6 is 11.6 Å². The zero-order valence-electron chi connectivity index (χ0n) is 11.5. The van der Waals surface area contributed by atoms with Crippen LogP contribution in [0.4, 0.5) is 0 Å². The van der Waals surface area contributed by atoms with E-state index in [1.54, 1.807) is 6.92 Å². The van der Waals surface area contributed by atoms with Crippen LogP contribution in [0.3, 0.4) is 0 Å². The third-order valence-electron chi connectivity index (χ3n) is 4.12. The summed E-state index contributed by atoms with van der Waals surface area (Å²) in [5, 5.41) is 5.55. The Morgan fingerprint density at radius 2 is 2.05 bits per heavy atom. The van der Waals surface area contributed by atoms with Crippen LogP contribution in [0.1, 0.15) is 42.2 Å². The molecule has 3 heteroatoms. The molecule has 0 spiro atoms. The Labute approximate surface area is 124 Å². The fraction of sp³-hybridized carbons (Fsp3) is 0.353. The van der Waals surface area contributed by atoms with Crippen molar-refractivity contribution in [2.45, 2.75) is 31.1 Å². The molecule has 1 aliphatic rings. The standard InChI is InChI=1S/C17H18ClNO/c1-11(20)19-10-13-7-9-16(18)15-8-6-12-4-2-3-5-14(12)17(13)15/h2-6,8,13,16H,7,9-10H2,1H3,(H,19,20). The molecule has 2 unspecified atom stereocenters. The number of hydrogen-bond donors (Lipinski definition) is 1. The first-order chi connectivity index (χ1) is 9.66. The average Bonchev–Trinajstić information content (AvgIpc) is 2.46. The van der Waals surface area contributed by atoms with Gasteiger partial charge in [-0.3, -0.25) is 4.79 Å². The zero-order chi connectivity index (χ0) is 14.1. The third kappa shape index (κ3) is 2.40. The second-order valence-corrected chi connectivity index (χ2v) is 6.00. The summed E-state index contributed by atoms with van der Waals surface area (Å²) in [7, 11) is 0. The molecule has 0 radical (unpaired) electrons. The van der Waals surface area contributed by atoms with Crippen molar-refractivity contribution in [3.63, 3.8) is 0 Å². The van der Waals surface area contributed by atoms with Gasteiger partial charge in [-0.05, 0) is 34.7 Å². The molecule has 20 heavy (non-hydrogen) atoms. The molecule has 0 bridgehead atoms. The van der Waals surface area contributed by atoms with E-state index in [1.807, 2.05) is 0 Å². The molecule has 0 fully saturated rings. The second kappa shape index (κ2) is 5.45. The van der Waals surface area contributed by atoms with Crippen LogP contribution in [0.2, 0.25) is 0 Å². The minimum atomic E-state index is 0.0276. The lowest BCUT2D eigenvalue weighted by Crippen LogP contribution is -2.28. The Hall–Kier alpha value is -1.54. The Bertz CT molecular complexity index is 652. The summed E-state index contributed by atoms with van der Waals surface area (Å²) in [4.78, 5) is 11.2. The SMILES string of the molecule is CC(=O)NCC1CCC(Cl)c2ccc3ccccc3c21. The van der Waals surface area contributed by atoms with Gasteiger partial charge in [0.25, 0.3) is 0 Å². The maximum atomic E-state index is 11.2. The van der Waals surface area contributed by atoms with E-state index in [4.69, 9.17) is 11.6 Å². The molecule has 2 aromatic rings. The summed E-state index contributed by atoms with van der Waals surface area (Å²) in [5.74, 6) is 0.384. The number of fused-ring (bicyclic) bond motifs is 3. The van der Waals surface area contributed by atoms with Crippen LogP contribution in [0.15, 0.2) is 36.4 Å². The Kier molecular flexibility index (Phi) is 3.66. The molecule has 1 N–H and O–H groups in total. The lowest BCUT2D eigenvalue weighted by atomic mass is 9.79. The van der Waals surface area contributed by atoms with Crippen molar-refractivity contribution in [2.75, 3.05) is 6.54 Å². The minimum Gasteiger partial charge on any atom is -0.356 e. The molecule has 2 nitrogen and oxygen atoms in total. The van der Waals surface area contributed by atoms with Gasteiger partial charge in [0.05, 0.1) is 5.38 Å². The van der Waals surface area contributed by atoms with E-state index in [2.05, 4.69) is 41.7 Å². The highest BCUT2D eigenvalue weighted by Gasteiger charge is 2.27. The van der Waals surface area contributed by atoms with E-state index >= 15 is 0 Å². The van der Waals surface area contributed by atoms with Gasteiger partial charge in [-0.1, -0.05) is 36.4 Å². The molecule has 0 heterocycles. The number of carbonyl (C=O) groups excluding carboxylic acids is 1. The number of hydrogen-bond acceptors (Lipinski definition) is 1. The topological polar surface area (TPSA) is 29.1 Å². The van der Waals surface area contributed by atoms with Crippen LogP contribution in [-0.2, 0) is 4.79 Å². The van der Waals surface area contributed by atoms with Crippen LogP contribution in [-0.4, -0.2) is 12.5 Å². The van der Waals surface area contributed by atoms with Crippen molar-refractivity contribution in [3.05, 3.63) is 47.5 Å². The summed E-state index contributed by atoms with van der Waals surface area (Å²) in [6.45, 7) is 2.26. The normalized spacial score (nSPS) is 21.5. The third-order valence-corrected chi connectivity index (χ3v) is 4.57. The molecule has 0 aromatic heterocycles. The number of rotatable bonds is 2. The lowest BCUT2D eigenvalue weighted by Gasteiger charge is -2.30. The van der Waals surface area contributed by atoms with E-state index in [9.17, 15) is 4.79 Å². The molecule has 0 aliphatic heterocycles. The Balaban J connectivity index is 2.09. The Morgan fingerprint density at radius 1 is 1.25 bits per heavy atom. The molecule has 3 rings (SSSR count). The molecule has 1 aliphatic carbocycles. The van der Waals surface area contributed by atoms with Gasteiger partial charge in [0, 0.05) is 19.4 Å². The van der Waals surface area contributed by atoms with Gasteiger partial charge in [0.1, 0.15) is 0 Å². The summed E-state index contributed by atoms with van der Waals surface area (Å²) >= 11 is 6.49. The average molecular weight is 288 g/mol. The molecular formula is C17H18ClNO. The number of benzene rings is 2. The lowest BCUT2D eigenvalue weighted by molar-refractivity contribution is -0.119. The largest absolute Gasteiger partial charge is 0.356 e. The van der Waals surface area contributed by atoms with Crippen molar-refractivity contribution in [1.29, 1.82) is 0 Å². The molecule has 0 saturated carbocycles. The summed E-state index contributed by atoms with van der Waals surface area (Å²) in [5.41, 5.74) is 2.55. The second-order valence-electron chi connectivity index (χ2n) is 5.47. The smallest absolute Gasteiger partial charge is 0.216 e. The molecule has 104 valence electrons. The van der Waals surface area contributed by atoms with Crippen molar-refractivity contribution in [1.82, 2.24) is 5.32 Å². The summed E-state index contributed by atoms with van der Waals surface area (Å²) in [6, 6.07) is 12.7. The van der Waals surface area contributed by atoms with E-state index < -0.39 is 0 Å². The van der Waals surface area contributed by atoms with Gasteiger partial charge in [-0.25, -0.2) is 0 Å².